The molecule has 0 radical (unpaired) electrons. The number of primary amides is 1. The van der Waals surface area contributed by atoms with Gasteiger partial charge in [0.2, 0.25) is 0 Å². The summed E-state index contributed by atoms with van der Waals surface area (Å²) in [6.45, 7) is 2.18. The molecular weight excluding hydrogens is 218 g/mol. The molecule has 0 aliphatic carbocycles. The van der Waals surface area contributed by atoms with Crippen LogP contribution >= 0.6 is 11.8 Å². The van der Waals surface area contributed by atoms with Gasteiger partial charge in [-0.2, -0.15) is 0 Å². The molecule has 1 atom stereocenters. The lowest BCUT2D eigenvalue weighted by atomic mass is 10.1. The molecule has 6 N–H and O–H groups in total. The first kappa shape index (κ1) is 14.1. The first-order chi connectivity index (χ1) is 6.92. The fourth-order valence-corrected chi connectivity index (χ4v) is 1.99. The average molecular weight is 235 g/mol. The van der Waals surface area contributed by atoms with Gasteiger partial charge in [-0.1, -0.05) is 6.92 Å². The molecular formula is C8H17N3O3S. The van der Waals surface area contributed by atoms with E-state index in [9.17, 15) is 9.59 Å². The molecule has 2 amide bonds. The summed E-state index contributed by atoms with van der Waals surface area (Å²) in [6.07, 6.45) is 0.778. The van der Waals surface area contributed by atoms with Crippen molar-refractivity contribution in [1.29, 1.82) is 0 Å². The Bertz CT molecular complexity index is 237. The van der Waals surface area contributed by atoms with Crippen LogP contribution in [0.5, 0.6) is 0 Å². The van der Waals surface area contributed by atoms with E-state index in [1.54, 1.807) is 0 Å². The molecule has 0 rings (SSSR count). The fraction of sp³-hybridized carbons (Fsp3) is 0.750. The second-order valence-electron chi connectivity index (χ2n) is 3.02. The lowest BCUT2D eigenvalue weighted by Crippen LogP contribution is -2.45. The first-order valence-corrected chi connectivity index (χ1v) is 5.60. The third kappa shape index (κ3) is 5.48. The summed E-state index contributed by atoms with van der Waals surface area (Å²) >= 11 is 1.18. The molecule has 6 nitrogen and oxygen atoms in total. The number of rotatable bonds is 7. The Labute approximate surface area is 92.8 Å². The Morgan fingerprint density at radius 2 is 2.13 bits per heavy atom. The van der Waals surface area contributed by atoms with Gasteiger partial charge in [0.25, 0.3) is 0 Å². The monoisotopic (exact) mass is 235 g/mol. The Hall–Kier alpha value is -0.950. The van der Waals surface area contributed by atoms with Crippen LogP contribution in [-0.4, -0.2) is 34.3 Å². The van der Waals surface area contributed by atoms with Crippen LogP contribution < -0.4 is 16.8 Å². The van der Waals surface area contributed by atoms with Crippen LogP contribution in [0.15, 0.2) is 0 Å². The van der Waals surface area contributed by atoms with Crippen LogP contribution in [0, 0.1) is 0 Å². The van der Waals surface area contributed by atoms with Crippen molar-refractivity contribution in [3.63, 3.8) is 0 Å². The van der Waals surface area contributed by atoms with Gasteiger partial charge in [-0.05, 0) is 18.6 Å². The topological polar surface area (TPSA) is 118 Å². The number of carbonyl (C=O) groups is 2. The molecule has 0 saturated heterocycles. The number of hydrogen-bond acceptors (Lipinski definition) is 4. The van der Waals surface area contributed by atoms with Gasteiger partial charge in [-0.25, -0.2) is 9.59 Å². The number of hydrogen-bond donors (Lipinski definition) is 4. The highest BCUT2D eigenvalue weighted by Crippen LogP contribution is 2.24. The molecule has 0 fully saturated rings. The van der Waals surface area contributed by atoms with Crippen LogP contribution in [-0.2, 0) is 4.79 Å². The van der Waals surface area contributed by atoms with Gasteiger partial charge in [-0.15, -0.1) is 11.8 Å². The summed E-state index contributed by atoms with van der Waals surface area (Å²) in [4.78, 5) is 20.0. The molecule has 0 saturated carbocycles. The van der Waals surface area contributed by atoms with Crippen LogP contribution in [0.25, 0.3) is 0 Å². The molecule has 0 spiro atoms. The summed E-state index contributed by atoms with van der Waals surface area (Å²) < 4.78 is 0. The van der Waals surface area contributed by atoms with E-state index in [-0.39, 0.29) is 0 Å². The van der Waals surface area contributed by atoms with E-state index < -0.39 is 16.9 Å². The molecule has 0 aromatic rings. The lowest BCUT2D eigenvalue weighted by Gasteiger charge is -2.23. The Morgan fingerprint density at radius 3 is 2.53 bits per heavy atom. The minimum Gasteiger partial charge on any atom is -0.479 e. The zero-order chi connectivity index (χ0) is 11.9. The Morgan fingerprint density at radius 1 is 1.53 bits per heavy atom. The maximum absolute atomic E-state index is 10.9. The van der Waals surface area contributed by atoms with Crippen molar-refractivity contribution in [1.82, 2.24) is 5.32 Å². The van der Waals surface area contributed by atoms with Crippen LogP contribution in [0.3, 0.4) is 0 Å². The van der Waals surface area contributed by atoms with Crippen molar-refractivity contribution >= 4 is 23.8 Å². The molecule has 88 valence electrons. The molecule has 0 aromatic heterocycles. The highest BCUT2D eigenvalue weighted by molar-refractivity contribution is 8.01. The first-order valence-electron chi connectivity index (χ1n) is 4.62. The summed E-state index contributed by atoms with van der Waals surface area (Å²) in [7, 11) is 0. The molecule has 7 heteroatoms. The molecule has 15 heavy (non-hydrogen) atoms. The number of nitrogens with one attached hydrogen (secondary N) is 1. The number of thioether (sulfide) groups is 1. The average Bonchev–Trinajstić information content (AvgIpc) is 2.12. The quantitative estimate of drug-likeness (QED) is 0.364. The van der Waals surface area contributed by atoms with Gasteiger partial charge in [0.15, 0.2) is 4.87 Å². The van der Waals surface area contributed by atoms with E-state index in [0.29, 0.717) is 25.1 Å². The molecule has 0 aliphatic heterocycles. The molecule has 0 heterocycles. The summed E-state index contributed by atoms with van der Waals surface area (Å²) in [5.41, 5.74) is 10.5. The second-order valence-corrected chi connectivity index (χ2v) is 4.62. The van der Waals surface area contributed by atoms with E-state index in [1.165, 1.54) is 11.8 Å². The minimum absolute atomic E-state index is 0.293. The van der Waals surface area contributed by atoms with E-state index in [1.807, 2.05) is 6.92 Å². The van der Waals surface area contributed by atoms with Gasteiger partial charge in [-0.3, -0.25) is 0 Å². The maximum atomic E-state index is 10.9. The van der Waals surface area contributed by atoms with Gasteiger partial charge >= 0.3 is 12.0 Å². The zero-order valence-electron chi connectivity index (χ0n) is 8.66. The fourth-order valence-electron chi connectivity index (χ4n) is 1.06. The Kier molecular flexibility index (Phi) is 6.11. The molecule has 0 aromatic carbocycles. The number of nitrogens with two attached hydrogens (primary N) is 2. The standard InChI is InChI=1S/C8H17N3O3S/c1-2-15-8(10,6(12)13)4-3-5-11-7(9)14/h2-5,10H2,1H3,(H,12,13)(H3,9,11,14)/t8-/m1/s1. The predicted octanol–water partition coefficient (Wildman–Crippen LogP) is -0.0724. The third-order valence-electron chi connectivity index (χ3n) is 1.79. The summed E-state index contributed by atoms with van der Waals surface area (Å²) in [5.74, 6) is -0.403. The van der Waals surface area contributed by atoms with Gasteiger partial charge in [0.1, 0.15) is 0 Å². The number of carboxylic acid groups (broad SMARTS) is 1. The maximum Gasteiger partial charge on any atom is 0.334 e. The predicted molar refractivity (Wildman–Crippen MR) is 59.5 cm³/mol. The number of amides is 2. The van der Waals surface area contributed by atoms with Gasteiger partial charge in [0.05, 0.1) is 0 Å². The SMILES string of the molecule is CCS[C@](N)(CCCNC(N)=O)C(=O)O. The molecule has 0 bridgehead atoms. The van der Waals surface area contributed by atoms with E-state index in [4.69, 9.17) is 16.6 Å². The van der Waals surface area contributed by atoms with E-state index >= 15 is 0 Å². The van der Waals surface area contributed by atoms with Crippen LogP contribution in [0.2, 0.25) is 0 Å². The van der Waals surface area contributed by atoms with Crippen molar-refractivity contribution in [2.75, 3.05) is 12.3 Å². The normalized spacial score (nSPS) is 14.3. The van der Waals surface area contributed by atoms with Crippen molar-refractivity contribution in [2.24, 2.45) is 11.5 Å². The third-order valence-corrected chi connectivity index (χ3v) is 2.97. The number of aliphatic carboxylic acids is 1. The Balaban J connectivity index is 3.97. The van der Waals surface area contributed by atoms with Crippen molar-refractivity contribution in [2.45, 2.75) is 24.6 Å². The number of carboxylic acids is 1. The smallest absolute Gasteiger partial charge is 0.334 e. The van der Waals surface area contributed by atoms with Crippen LogP contribution in [0.4, 0.5) is 4.79 Å². The minimum atomic E-state index is -1.27. The summed E-state index contributed by atoms with van der Waals surface area (Å²) in [6, 6.07) is -0.615. The number of urea groups is 1. The van der Waals surface area contributed by atoms with Crippen LogP contribution in [0.1, 0.15) is 19.8 Å². The highest BCUT2D eigenvalue weighted by Gasteiger charge is 2.33. The largest absolute Gasteiger partial charge is 0.479 e. The highest BCUT2D eigenvalue weighted by atomic mass is 32.2. The summed E-state index contributed by atoms with van der Waals surface area (Å²) in [5, 5.41) is 11.3. The van der Waals surface area contributed by atoms with E-state index in [0.717, 1.165) is 0 Å². The second kappa shape index (κ2) is 6.52. The lowest BCUT2D eigenvalue weighted by molar-refractivity contribution is -0.140. The van der Waals surface area contributed by atoms with Gasteiger partial charge < -0.3 is 21.9 Å². The van der Waals surface area contributed by atoms with E-state index in [2.05, 4.69) is 5.32 Å². The number of carbonyl (C=O) groups excluding carboxylic acids is 1. The zero-order valence-corrected chi connectivity index (χ0v) is 9.47. The molecule has 0 aliphatic rings. The molecule has 0 unspecified atom stereocenters. The van der Waals surface area contributed by atoms with Crippen molar-refractivity contribution in [3.8, 4) is 0 Å². The van der Waals surface area contributed by atoms with Crippen molar-refractivity contribution in [3.05, 3.63) is 0 Å². The van der Waals surface area contributed by atoms with Crippen molar-refractivity contribution < 1.29 is 14.7 Å². The van der Waals surface area contributed by atoms with Gasteiger partial charge in [0, 0.05) is 6.54 Å².